The normalized spacial score (nSPS) is 16.2. The molecular formula is C23H26Cl2N2O2. The minimum absolute atomic E-state index is 0.0383. The van der Waals surface area contributed by atoms with E-state index in [4.69, 9.17) is 23.2 Å². The van der Waals surface area contributed by atoms with Crippen molar-refractivity contribution in [3.63, 3.8) is 0 Å². The summed E-state index contributed by atoms with van der Waals surface area (Å²) >= 11 is 12.4. The molecule has 0 spiro atoms. The van der Waals surface area contributed by atoms with Gasteiger partial charge in [-0.05, 0) is 54.9 Å². The van der Waals surface area contributed by atoms with Crippen LogP contribution >= 0.6 is 23.2 Å². The van der Waals surface area contributed by atoms with E-state index in [0.717, 1.165) is 42.0 Å². The minimum Gasteiger partial charge on any atom is -0.368 e. The van der Waals surface area contributed by atoms with Crippen molar-refractivity contribution >= 4 is 34.1 Å². The second kappa shape index (κ2) is 8.66. The Hall–Kier alpha value is -1.56. The number of aliphatic hydroxyl groups is 2. The molecule has 1 atom stereocenters. The summed E-state index contributed by atoms with van der Waals surface area (Å²) in [6.07, 6.45) is 0.859. The fourth-order valence-corrected chi connectivity index (χ4v) is 4.76. The van der Waals surface area contributed by atoms with E-state index in [-0.39, 0.29) is 12.3 Å². The van der Waals surface area contributed by atoms with E-state index in [0.29, 0.717) is 11.6 Å². The highest BCUT2D eigenvalue weighted by Crippen LogP contribution is 2.34. The lowest BCUT2D eigenvalue weighted by Gasteiger charge is -2.22. The van der Waals surface area contributed by atoms with Crippen molar-refractivity contribution in [3.8, 4) is 0 Å². The Kier molecular flexibility index (Phi) is 6.19. The van der Waals surface area contributed by atoms with Gasteiger partial charge in [-0.3, -0.25) is 0 Å². The monoisotopic (exact) mass is 432 g/mol. The van der Waals surface area contributed by atoms with Gasteiger partial charge in [0.1, 0.15) is 0 Å². The molecule has 0 fully saturated rings. The zero-order valence-electron chi connectivity index (χ0n) is 16.5. The van der Waals surface area contributed by atoms with Crippen molar-refractivity contribution in [2.75, 3.05) is 20.1 Å². The minimum atomic E-state index is -1.36. The summed E-state index contributed by atoms with van der Waals surface area (Å²) in [4.78, 5) is 2.36. The molecule has 0 amide bonds. The van der Waals surface area contributed by atoms with Crippen LogP contribution in [0.3, 0.4) is 0 Å². The molecule has 4 nitrogen and oxygen atoms in total. The molecule has 1 aliphatic rings. The third kappa shape index (κ3) is 4.47. The summed E-state index contributed by atoms with van der Waals surface area (Å²) in [5, 5.41) is 22.1. The van der Waals surface area contributed by atoms with Crippen molar-refractivity contribution < 1.29 is 10.2 Å². The Balaban J connectivity index is 1.80. The van der Waals surface area contributed by atoms with Gasteiger partial charge in [-0.25, -0.2) is 0 Å². The lowest BCUT2D eigenvalue weighted by atomic mass is 9.95. The molecule has 1 unspecified atom stereocenters. The third-order valence-electron chi connectivity index (χ3n) is 5.96. The van der Waals surface area contributed by atoms with Crippen LogP contribution < -0.4 is 0 Å². The molecule has 29 heavy (non-hydrogen) atoms. The number of hydrogen-bond acceptors (Lipinski definition) is 3. The SMILES string of the molecule is CN1CCc2c(n(CC(CC(O)O)c3ccc(Cl)cc3)c3ccc(Cl)cc23)CC1. The van der Waals surface area contributed by atoms with Crippen LogP contribution in [0.15, 0.2) is 42.5 Å². The second-order valence-electron chi connectivity index (χ2n) is 7.97. The zero-order valence-corrected chi connectivity index (χ0v) is 18.0. The van der Waals surface area contributed by atoms with Crippen LogP contribution in [0.5, 0.6) is 0 Å². The average molecular weight is 433 g/mol. The summed E-state index contributed by atoms with van der Waals surface area (Å²) in [6.45, 7) is 2.70. The van der Waals surface area contributed by atoms with E-state index in [1.807, 2.05) is 30.3 Å². The largest absolute Gasteiger partial charge is 0.368 e. The number of fused-ring (bicyclic) bond motifs is 3. The first-order chi connectivity index (χ1) is 13.9. The van der Waals surface area contributed by atoms with Crippen LogP contribution in [0.1, 0.15) is 29.2 Å². The maximum atomic E-state index is 9.73. The third-order valence-corrected chi connectivity index (χ3v) is 6.45. The summed E-state index contributed by atoms with van der Waals surface area (Å²) in [6, 6.07) is 13.8. The van der Waals surface area contributed by atoms with Gasteiger partial charge in [0.05, 0.1) is 0 Å². The fraction of sp³-hybridized carbons (Fsp3) is 0.391. The van der Waals surface area contributed by atoms with Gasteiger partial charge in [0.25, 0.3) is 0 Å². The predicted molar refractivity (Wildman–Crippen MR) is 119 cm³/mol. The topological polar surface area (TPSA) is 48.6 Å². The standard InChI is InChI=1S/C23H26Cl2N2O2/c1-26-10-8-19-20-13-18(25)6-7-21(20)27(22(19)9-11-26)14-16(12-23(28)29)15-2-4-17(24)5-3-15/h2-7,13,16,23,28-29H,8-12,14H2,1H3. The molecule has 4 rings (SSSR count). The Morgan fingerprint density at radius 3 is 2.38 bits per heavy atom. The van der Waals surface area contributed by atoms with Gasteiger partial charge in [-0.15, -0.1) is 0 Å². The molecule has 0 saturated carbocycles. The van der Waals surface area contributed by atoms with Crippen LogP contribution in [-0.2, 0) is 19.4 Å². The van der Waals surface area contributed by atoms with Crippen molar-refractivity contribution in [2.24, 2.45) is 0 Å². The number of benzene rings is 2. The molecule has 0 saturated heterocycles. The van der Waals surface area contributed by atoms with E-state index in [2.05, 4.69) is 28.6 Å². The molecule has 0 bridgehead atoms. The first-order valence-electron chi connectivity index (χ1n) is 10.0. The first-order valence-corrected chi connectivity index (χ1v) is 10.8. The Labute approximate surface area is 181 Å². The molecule has 0 aliphatic carbocycles. The maximum absolute atomic E-state index is 9.73. The number of nitrogens with zero attached hydrogens (tertiary/aromatic N) is 2. The quantitative estimate of drug-likeness (QED) is 0.584. The highest BCUT2D eigenvalue weighted by atomic mass is 35.5. The van der Waals surface area contributed by atoms with Crippen LogP contribution in [0.2, 0.25) is 10.0 Å². The van der Waals surface area contributed by atoms with Crippen LogP contribution in [-0.4, -0.2) is 46.1 Å². The van der Waals surface area contributed by atoms with Crippen molar-refractivity contribution in [2.45, 2.75) is 38.0 Å². The molecule has 6 heteroatoms. The highest BCUT2D eigenvalue weighted by Gasteiger charge is 2.24. The Morgan fingerprint density at radius 2 is 1.66 bits per heavy atom. The molecule has 2 N–H and O–H groups in total. The van der Waals surface area contributed by atoms with Gasteiger partial charge in [0.2, 0.25) is 0 Å². The van der Waals surface area contributed by atoms with E-state index in [1.54, 1.807) is 0 Å². The second-order valence-corrected chi connectivity index (χ2v) is 8.84. The van der Waals surface area contributed by atoms with Gasteiger partial charge in [-0.2, -0.15) is 0 Å². The van der Waals surface area contributed by atoms with Gasteiger partial charge < -0.3 is 19.7 Å². The predicted octanol–water partition coefficient (Wildman–Crippen LogP) is 4.46. The molecule has 1 aliphatic heterocycles. The van der Waals surface area contributed by atoms with Crippen molar-refractivity contribution in [1.82, 2.24) is 9.47 Å². The number of halogens is 2. The van der Waals surface area contributed by atoms with Crippen molar-refractivity contribution in [1.29, 1.82) is 0 Å². The lowest BCUT2D eigenvalue weighted by Crippen LogP contribution is -2.22. The summed E-state index contributed by atoms with van der Waals surface area (Å²) < 4.78 is 2.36. The summed E-state index contributed by atoms with van der Waals surface area (Å²) in [5.74, 6) is -0.0383. The van der Waals surface area contributed by atoms with Gasteiger partial charge in [0.15, 0.2) is 6.29 Å². The maximum Gasteiger partial charge on any atom is 0.152 e. The van der Waals surface area contributed by atoms with Gasteiger partial charge >= 0.3 is 0 Å². The first kappa shape index (κ1) is 20.7. The summed E-state index contributed by atoms with van der Waals surface area (Å²) in [7, 11) is 2.16. The molecular weight excluding hydrogens is 407 g/mol. The van der Waals surface area contributed by atoms with Gasteiger partial charge in [0, 0.05) is 65.0 Å². The number of hydrogen-bond donors (Lipinski definition) is 2. The summed E-state index contributed by atoms with van der Waals surface area (Å²) in [5.41, 5.74) is 4.91. The molecule has 154 valence electrons. The van der Waals surface area contributed by atoms with Crippen molar-refractivity contribution in [3.05, 3.63) is 69.3 Å². The Morgan fingerprint density at radius 1 is 0.966 bits per heavy atom. The molecule has 2 heterocycles. The number of rotatable bonds is 5. The van der Waals surface area contributed by atoms with Crippen LogP contribution in [0, 0.1) is 0 Å². The van der Waals surface area contributed by atoms with Crippen LogP contribution in [0.4, 0.5) is 0 Å². The number of likely N-dealkylation sites (N-methyl/N-ethyl adjacent to an activating group) is 1. The van der Waals surface area contributed by atoms with E-state index in [9.17, 15) is 10.2 Å². The van der Waals surface area contributed by atoms with E-state index >= 15 is 0 Å². The number of aromatic nitrogens is 1. The lowest BCUT2D eigenvalue weighted by molar-refractivity contribution is -0.0507. The Bertz CT molecular complexity index is 998. The number of aliphatic hydroxyl groups excluding tert-OH is 1. The zero-order chi connectivity index (χ0) is 20.5. The van der Waals surface area contributed by atoms with E-state index < -0.39 is 6.29 Å². The fourth-order valence-electron chi connectivity index (χ4n) is 4.46. The highest BCUT2D eigenvalue weighted by molar-refractivity contribution is 6.31. The average Bonchev–Trinajstić information content (AvgIpc) is 2.81. The molecule has 3 aromatic rings. The van der Waals surface area contributed by atoms with Crippen LogP contribution in [0.25, 0.3) is 10.9 Å². The molecule has 0 radical (unpaired) electrons. The van der Waals surface area contributed by atoms with E-state index in [1.165, 1.54) is 16.6 Å². The molecule has 1 aromatic heterocycles. The smallest absolute Gasteiger partial charge is 0.152 e. The molecule has 2 aromatic carbocycles. The van der Waals surface area contributed by atoms with Gasteiger partial charge in [-0.1, -0.05) is 35.3 Å².